The van der Waals surface area contributed by atoms with E-state index in [2.05, 4.69) is 5.32 Å². The van der Waals surface area contributed by atoms with E-state index in [0.29, 0.717) is 28.3 Å². The molecule has 8 heteroatoms. The quantitative estimate of drug-likeness (QED) is 0.393. The number of anilines is 1. The maximum atomic E-state index is 12.8. The van der Waals surface area contributed by atoms with Gasteiger partial charge < -0.3 is 24.4 Å². The van der Waals surface area contributed by atoms with Crippen LogP contribution >= 0.6 is 0 Å². The Hall–Kier alpha value is -4.06. The first-order valence-corrected chi connectivity index (χ1v) is 10.8. The number of nitrogens with one attached hydrogen (secondary N) is 1. The van der Waals surface area contributed by atoms with Crippen LogP contribution in [0.25, 0.3) is 0 Å². The summed E-state index contributed by atoms with van der Waals surface area (Å²) in [6, 6.07) is 24.4. The first-order valence-electron chi connectivity index (χ1n) is 10.8. The molecule has 0 fully saturated rings. The van der Waals surface area contributed by atoms with E-state index in [0.717, 1.165) is 0 Å². The zero-order valence-electron chi connectivity index (χ0n) is 18.5. The molecule has 0 bridgehead atoms. The van der Waals surface area contributed by atoms with Crippen molar-refractivity contribution in [1.82, 2.24) is 0 Å². The molecule has 0 unspecified atom stereocenters. The van der Waals surface area contributed by atoms with Crippen LogP contribution in [0, 0.1) is 11.3 Å². The number of ether oxygens (including phenoxy) is 3. The van der Waals surface area contributed by atoms with Crippen LogP contribution in [0.4, 0.5) is 10.5 Å². The number of aliphatic hydroxyl groups excluding tert-OH is 2. The number of nitriles is 1. The normalized spacial score (nSPS) is 12.1. The summed E-state index contributed by atoms with van der Waals surface area (Å²) in [5, 5.41) is 30.3. The molecule has 3 aromatic rings. The Morgan fingerprint density at radius 3 is 2.35 bits per heavy atom. The Labute approximate surface area is 197 Å². The first-order chi connectivity index (χ1) is 16.6. The molecule has 0 aliphatic heterocycles. The van der Waals surface area contributed by atoms with Gasteiger partial charge in [0.1, 0.15) is 24.2 Å². The van der Waals surface area contributed by atoms with Crippen molar-refractivity contribution in [3.8, 4) is 17.6 Å². The number of hydrogen-bond donors (Lipinski definition) is 3. The zero-order valence-corrected chi connectivity index (χ0v) is 18.5. The van der Waals surface area contributed by atoms with Crippen molar-refractivity contribution in [3.05, 3.63) is 90.0 Å². The van der Waals surface area contributed by atoms with Crippen LogP contribution < -0.4 is 14.8 Å². The van der Waals surface area contributed by atoms with E-state index in [4.69, 9.17) is 24.6 Å². The van der Waals surface area contributed by atoms with Crippen LogP contribution in [0.3, 0.4) is 0 Å². The Bertz CT molecular complexity index is 1080. The molecule has 3 rings (SSSR count). The third kappa shape index (κ3) is 7.24. The minimum Gasteiger partial charge on any atom is -0.491 e. The molecule has 0 saturated carbocycles. The van der Waals surface area contributed by atoms with E-state index in [-0.39, 0.29) is 26.2 Å². The molecule has 0 saturated heterocycles. The van der Waals surface area contributed by atoms with E-state index in [1.165, 1.54) is 0 Å². The van der Waals surface area contributed by atoms with Gasteiger partial charge in [0, 0.05) is 18.7 Å². The number of para-hydroxylation sites is 1. The van der Waals surface area contributed by atoms with Crippen molar-refractivity contribution in [2.24, 2.45) is 0 Å². The minimum absolute atomic E-state index is 0.120. The summed E-state index contributed by atoms with van der Waals surface area (Å²) in [7, 11) is 0. The number of nitrogens with zero attached hydrogens (tertiary/aromatic N) is 1. The summed E-state index contributed by atoms with van der Waals surface area (Å²) in [6.07, 6.45) is -2.11. The highest BCUT2D eigenvalue weighted by Gasteiger charge is 2.29. The third-order valence-electron chi connectivity index (χ3n) is 4.82. The zero-order chi connectivity index (χ0) is 24.2. The Morgan fingerprint density at radius 1 is 0.941 bits per heavy atom. The van der Waals surface area contributed by atoms with Crippen LogP contribution in [-0.2, 0) is 4.74 Å². The molecule has 0 aliphatic carbocycles. The van der Waals surface area contributed by atoms with Gasteiger partial charge in [0.05, 0.1) is 18.2 Å². The minimum atomic E-state index is -0.886. The number of hydrogen-bond acceptors (Lipinski definition) is 7. The van der Waals surface area contributed by atoms with Crippen LogP contribution in [0.5, 0.6) is 11.5 Å². The van der Waals surface area contributed by atoms with Crippen molar-refractivity contribution >= 4 is 11.8 Å². The predicted octanol–water partition coefficient (Wildman–Crippen LogP) is 4.05. The highest BCUT2D eigenvalue weighted by atomic mass is 16.6. The lowest BCUT2D eigenvalue weighted by Crippen LogP contribution is -2.31. The number of amides is 1. The number of benzene rings is 3. The van der Waals surface area contributed by atoms with Gasteiger partial charge in [-0.05, 0) is 54.1 Å². The maximum Gasteiger partial charge on any atom is 0.412 e. The molecule has 0 aliphatic rings. The molecular formula is C26H26N2O6. The average molecular weight is 463 g/mol. The van der Waals surface area contributed by atoms with Gasteiger partial charge in [-0.1, -0.05) is 30.3 Å². The SMILES string of the molecule is N#Cc1ccc(NC(=O)O[C@H](c2cccc(OCCO)c2)[C@@H](CCO)Oc2ccccc2)cc1. The van der Waals surface area contributed by atoms with E-state index in [9.17, 15) is 9.90 Å². The van der Waals surface area contributed by atoms with E-state index < -0.39 is 18.3 Å². The molecule has 34 heavy (non-hydrogen) atoms. The predicted molar refractivity (Wildman–Crippen MR) is 126 cm³/mol. The van der Waals surface area contributed by atoms with Gasteiger partial charge in [-0.15, -0.1) is 0 Å². The second-order valence-corrected chi connectivity index (χ2v) is 7.27. The highest BCUT2D eigenvalue weighted by molar-refractivity contribution is 5.84. The van der Waals surface area contributed by atoms with Crippen molar-refractivity contribution in [2.45, 2.75) is 18.6 Å². The highest BCUT2D eigenvalue weighted by Crippen LogP contribution is 2.30. The fraction of sp³-hybridized carbons (Fsp3) is 0.231. The van der Waals surface area contributed by atoms with Gasteiger partial charge in [-0.3, -0.25) is 5.32 Å². The monoisotopic (exact) mass is 462 g/mol. The van der Waals surface area contributed by atoms with Gasteiger partial charge >= 0.3 is 6.09 Å². The van der Waals surface area contributed by atoms with Crippen LogP contribution in [-0.4, -0.2) is 42.2 Å². The second-order valence-electron chi connectivity index (χ2n) is 7.27. The lowest BCUT2D eigenvalue weighted by molar-refractivity contribution is 0.00897. The smallest absolute Gasteiger partial charge is 0.412 e. The fourth-order valence-electron chi connectivity index (χ4n) is 3.27. The third-order valence-corrected chi connectivity index (χ3v) is 4.82. The number of carbonyl (C=O) groups excluding carboxylic acids is 1. The summed E-state index contributed by atoms with van der Waals surface area (Å²) in [5.41, 5.74) is 1.53. The summed E-state index contributed by atoms with van der Waals surface area (Å²) in [5.74, 6) is 1.06. The summed E-state index contributed by atoms with van der Waals surface area (Å²) in [6.45, 7) is -0.203. The molecular weight excluding hydrogens is 436 g/mol. The molecule has 3 N–H and O–H groups in total. The Morgan fingerprint density at radius 2 is 1.68 bits per heavy atom. The topological polar surface area (TPSA) is 121 Å². The van der Waals surface area contributed by atoms with Gasteiger partial charge in [0.25, 0.3) is 0 Å². The van der Waals surface area contributed by atoms with Crippen molar-refractivity contribution in [2.75, 3.05) is 25.1 Å². The standard InChI is InChI=1S/C26H26N2O6/c27-18-19-9-11-21(12-10-19)28-26(31)34-25(20-5-4-8-23(17-20)32-16-15-30)24(13-14-29)33-22-6-2-1-3-7-22/h1-12,17,24-25,29-30H,13-16H2,(H,28,31)/t24-,25-/m1/s1. The van der Waals surface area contributed by atoms with Gasteiger partial charge in [0.15, 0.2) is 6.10 Å². The van der Waals surface area contributed by atoms with Crippen LogP contribution in [0.15, 0.2) is 78.9 Å². The molecule has 8 nitrogen and oxygen atoms in total. The Kier molecular flexibility index (Phi) is 9.29. The van der Waals surface area contributed by atoms with E-state index in [1.807, 2.05) is 24.3 Å². The van der Waals surface area contributed by atoms with Crippen molar-refractivity contribution in [3.63, 3.8) is 0 Å². The number of aliphatic hydroxyl groups is 2. The molecule has 3 aromatic carbocycles. The number of carbonyl (C=O) groups is 1. The lowest BCUT2D eigenvalue weighted by atomic mass is 10.0. The van der Waals surface area contributed by atoms with Crippen LogP contribution in [0.1, 0.15) is 23.7 Å². The fourth-order valence-corrected chi connectivity index (χ4v) is 3.27. The average Bonchev–Trinajstić information content (AvgIpc) is 2.87. The molecule has 0 radical (unpaired) electrons. The van der Waals surface area contributed by atoms with E-state index >= 15 is 0 Å². The molecule has 176 valence electrons. The van der Waals surface area contributed by atoms with E-state index in [1.54, 1.807) is 60.7 Å². The summed E-state index contributed by atoms with van der Waals surface area (Å²) in [4.78, 5) is 12.8. The van der Waals surface area contributed by atoms with Gasteiger partial charge in [0.2, 0.25) is 0 Å². The molecule has 2 atom stereocenters. The van der Waals surface area contributed by atoms with Gasteiger partial charge in [-0.2, -0.15) is 5.26 Å². The molecule has 0 spiro atoms. The lowest BCUT2D eigenvalue weighted by Gasteiger charge is -2.28. The van der Waals surface area contributed by atoms with Crippen molar-refractivity contribution in [1.29, 1.82) is 5.26 Å². The Balaban J connectivity index is 1.86. The van der Waals surface area contributed by atoms with Crippen molar-refractivity contribution < 1.29 is 29.2 Å². The van der Waals surface area contributed by atoms with Gasteiger partial charge in [-0.25, -0.2) is 4.79 Å². The maximum absolute atomic E-state index is 12.8. The molecule has 0 heterocycles. The largest absolute Gasteiger partial charge is 0.491 e. The first kappa shape index (κ1) is 24.6. The molecule has 0 aromatic heterocycles. The second kappa shape index (κ2) is 12.8. The number of rotatable bonds is 11. The van der Waals surface area contributed by atoms with Crippen LogP contribution in [0.2, 0.25) is 0 Å². The summed E-state index contributed by atoms with van der Waals surface area (Å²) >= 11 is 0. The summed E-state index contributed by atoms with van der Waals surface area (Å²) < 4.78 is 17.4. The molecule has 1 amide bonds.